The third-order valence-electron chi connectivity index (χ3n) is 10.6. The van der Waals surface area contributed by atoms with Crippen LogP contribution in [0.25, 0.3) is 17.1 Å². The van der Waals surface area contributed by atoms with Crippen LogP contribution in [0.15, 0.2) is 101 Å². The number of rotatable bonds is 8. The van der Waals surface area contributed by atoms with Gasteiger partial charge in [0, 0.05) is 57.2 Å². The van der Waals surface area contributed by atoms with Crippen molar-refractivity contribution in [3.05, 3.63) is 197 Å². The third-order valence-corrected chi connectivity index (χ3v) is 11.0. The second-order valence-electron chi connectivity index (χ2n) is 15.8. The van der Waals surface area contributed by atoms with Gasteiger partial charge in [-0.3, -0.25) is 43.0 Å². The molecule has 0 aliphatic rings. The van der Waals surface area contributed by atoms with Crippen molar-refractivity contribution in [3.63, 3.8) is 0 Å². The molecule has 0 saturated carbocycles. The Bertz CT molecular complexity index is 4150. The SMILES string of the molecule is C=CC(=O)OC.COC(=O)C(Cl)Cc1cc(-n2c(=O)cc(C(F)(F)F)n(C)c2=O)c(F)cc1C#N.Cl.Cn1c(C(F)(F)F)cc(=O)n(-c2cc(N)c(C#N)cc2F)c1=O.Cn1c(C(F)(F)F)cc(=O)n(-c2cc(N=[NH2+])c(C#N)cc2F)c1=O.O=[NH+][O-].[Cl-].[Na+]. The number of alkyl halides is 10. The largest absolute Gasteiger partial charge is 1.00 e. The van der Waals surface area contributed by atoms with Crippen LogP contribution in [-0.4, -0.2) is 58.9 Å². The predicted molar refractivity (Wildman–Crippen MR) is 272 cm³/mol. The van der Waals surface area contributed by atoms with E-state index in [0.717, 1.165) is 52.5 Å². The summed E-state index contributed by atoms with van der Waals surface area (Å²) in [7, 11) is 4.74. The number of methoxy groups -OCH3 is 2. The molecule has 0 aliphatic heterocycles. The zero-order chi connectivity index (χ0) is 65.5. The van der Waals surface area contributed by atoms with Crippen LogP contribution in [0.5, 0.6) is 0 Å². The second-order valence-corrected chi connectivity index (χ2v) is 16.3. The number of ether oxygens (including phenoxy) is 2. The number of nitrogens with one attached hydrogen (secondary N) is 1. The van der Waals surface area contributed by atoms with Gasteiger partial charge in [-0.1, -0.05) is 6.58 Å². The topological polar surface area (TPSA) is 374 Å². The molecule has 1 atom stereocenters. The maximum absolute atomic E-state index is 14.5. The Balaban J connectivity index is 0. The number of halogens is 15. The third kappa shape index (κ3) is 19.3. The maximum Gasteiger partial charge on any atom is 1.00 e. The fraction of sp³-hybridized carbons (Fsp3) is 0.213. The number of aromatic nitrogens is 6. The number of esters is 2. The van der Waals surface area contributed by atoms with Crippen LogP contribution in [0.2, 0.25) is 0 Å². The average Bonchev–Trinajstić information content (AvgIpc) is 3.19. The van der Waals surface area contributed by atoms with Crippen molar-refractivity contribution in [3.8, 4) is 35.3 Å². The first-order chi connectivity index (χ1) is 39.3. The van der Waals surface area contributed by atoms with Crippen molar-refractivity contribution in [2.75, 3.05) is 20.0 Å². The molecule has 5 N–H and O–H groups in total. The monoisotopic (exact) mass is 1330 g/mol. The van der Waals surface area contributed by atoms with Gasteiger partial charge in [0.1, 0.15) is 57.7 Å². The van der Waals surface area contributed by atoms with Crippen molar-refractivity contribution < 1.29 is 125 Å². The number of anilines is 1. The van der Waals surface area contributed by atoms with E-state index in [1.807, 2.05) is 0 Å². The molecule has 6 aromatic rings. The number of benzene rings is 3. The number of carbonyl (C=O) groups excluding carboxylic acids is 2. The van der Waals surface area contributed by atoms with E-state index in [1.54, 1.807) is 18.2 Å². The van der Waals surface area contributed by atoms with E-state index in [-0.39, 0.29) is 145 Å². The molecule has 0 saturated heterocycles. The summed E-state index contributed by atoms with van der Waals surface area (Å²) >= 11 is 5.85. The van der Waals surface area contributed by atoms with Gasteiger partial charge >= 0.3 is 77.1 Å². The molecule has 3 aromatic heterocycles. The minimum absolute atomic E-state index is 0. The number of hydrogen-bond acceptors (Lipinski definition) is 17. The Morgan fingerprint density at radius 2 is 0.989 bits per heavy atom. The van der Waals surface area contributed by atoms with E-state index in [4.69, 9.17) is 48.8 Å². The van der Waals surface area contributed by atoms with Gasteiger partial charge in [0.15, 0.2) is 0 Å². The number of nitrogen functional groups attached to an aromatic ring is 1. The van der Waals surface area contributed by atoms with Crippen molar-refractivity contribution in [2.24, 2.45) is 26.3 Å². The molecule has 466 valence electrons. The van der Waals surface area contributed by atoms with Crippen LogP contribution in [0, 0.1) is 61.6 Å². The molecule has 6 rings (SSSR count). The number of carbonyl (C=O) groups is 2. The molecule has 0 amide bonds. The van der Waals surface area contributed by atoms with E-state index in [1.165, 1.54) is 7.11 Å². The predicted octanol–water partition coefficient (Wildman–Crippen LogP) is -3.45. The van der Waals surface area contributed by atoms with Gasteiger partial charge in [0.25, 0.3) is 16.7 Å². The first kappa shape index (κ1) is 80.7. The number of nitriles is 3. The molecule has 0 aliphatic carbocycles. The molecule has 3 aromatic carbocycles. The summed E-state index contributed by atoms with van der Waals surface area (Å²) in [5, 5.41) is 37.0. The van der Waals surface area contributed by atoms with Gasteiger partial charge in [0.2, 0.25) is 0 Å². The molecule has 0 fully saturated rings. The van der Waals surface area contributed by atoms with Crippen molar-refractivity contribution in [1.29, 1.82) is 15.8 Å². The smallest absolute Gasteiger partial charge is 1.00 e. The van der Waals surface area contributed by atoms with Gasteiger partial charge < -0.3 is 27.6 Å². The molecular weight excluding hydrogens is 1300 g/mol. The Kier molecular flexibility index (Phi) is 30.8. The minimum Gasteiger partial charge on any atom is -1.00 e. The Morgan fingerprint density at radius 1 is 0.670 bits per heavy atom. The number of nitrogens with two attached hydrogens (primary N) is 2. The van der Waals surface area contributed by atoms with Crippen LogP contribution in [0.3, 0.4) is 0 Å². The van der Waals surface area contributed by atoms with Crippen LogP contribution >= 0.6 is 24.0 Å². The van der Waals surface area contributed by atoms with Crippen LogP contribution < -0.4 is 92.3 Å². The van der Waals surface area contributed by atoms with E-state index in [9.17, 15) is 91.0 Å². The fourth-order valence-corrected chi connectivity index (χ4v) is 6.92. The minimum atomic E-state index is -4.98. The Morgan fingerprint density at radius 3 is 1.27 bits per heavy atom. The quantitative estimate of drug-likeness (QED) is 0.0154. The van der Waals surface area contributed by atoms with E-state index >= 15 is 0 Å². The zero-order valence-electron chi connectivity index (χ0n) is 45.0. The van der Waals surface area contributed by atoms with Gasteiger partial charge in [-0.05, 0) is 47.1 Å². The van der Waals surface area contributed by atoms with E-state index in [2.05, 4.69) is 21.2 Å². The Hall–Kier alpha value is -9.32. The standard InChI is InChI=1S/C17H12ClF4N3O4.C13H7F4N5O2.C13H8F4N4O2.C4H6O2.2ClH.HNO2.Na/c1-24-13(17(20,21)22)6-14(26)25(16(24)28)12-5-8(3-10(18)15(27)29-2)9(7-23)4-11(12)19;1-21-10(13(15,16)17)4-11(23)22(12(21)24)9-3-8(20-19)6(5-18)2-7(9)14;1-20-10(13(15,16)17)4-11(22)21(12(20)23)9-3-8(19)6(5-18)2-7(9)14;1-3-4(5)6-2;;;2-1-3;/h4-6,10H,3H2,1-2H3;2-4,19H,1H3;2-4H,19H2,1H3;3H,1H2,2H3;2*1H;1H;/q;;;;;;;+1. The van der Waals surface area contributed by atoms with Gasteiger partial charge in [0.05, 0.1) is 59.7 Å². The summed E-state index contributed by atoms with van der Waals surface area (Å²) in [6.07, 6.45) is -14.0. The molecule has 0 bridgehead atoms. The normalized spacial score (nSPS) is 10.7. The first-order valence-corrected chi connectivity index (χ1v) is 22.3. The maximum atomic E-state index is 14.5. The van der Waals surface area contributed by atoms with Gasteiger partial charge in [-0.25, -0.2) is 46.1 Å². The zero-order valence-corrected chi connectivity index (χ0v) is 49.3. The molecule has 41 heteroatoms. The molecule has 0 spiro atoms. The summed E-state index contributed by atoms with van der Waals surface area (Å²) in [6, 6.07) is 9.99. The summed E-state index contributed by atoms with van der Waals surface area (Å²) in [6.45, 7) is 3.16. The second kappa shape index (κ2) is 33.5. The molecule has 25 nitrogen and oxygen atoms in total. The first-order valence-electron chi connectivity index (χ1n) is 21.8. The fourth-order valence-electron chi connectivity index (χ4n) is 6.66. The molecule has 0 radical (unpaired) electrons. The summed E-state index contributed by atoms with van der Waals surface area (Å²) in [5.74, 6) is -4.75. The van der Waals surface area contributed by atoms with Crippen molar-refractivity contribution in [1.82, 2.24) is 27.4 Å². The van der Waals surface area contributed by atoms with E-state index in [0.29, 0.717) is 18.2 Å². The van der Waals surface area contributed by atoms with Gasteiger partial charge in [-0.15, -0.1) is 24.0 Å². The summed E-state index contributed by atoms with van der Waals surface area (Å²) < 4.78 is 168. The molecule has 1 unspecified atom stereocenters. The van der Waals surface area contributed by atoms with Gasteiger partial charge in [-0.2, -0.15) is 60.8 Å². The average molecular weight is 1330 g/mol. The Labute approximate surface area is 521 Å². The summed E-state index contributed by atoms with van der Waals surface area (Å²) in [5.41, 5.74) is -5.58. The molecular formula is C47H36Cl3F12N13NaO12+. The summed E-state index contributed by atoms with van der Waals surface area (Å²) in [4.78, 5) is 102. The number of nitrogens with zero attached hydrogens (tertiary/aromatic N) is 10. The van der Waals surface area contributed by atoms with Crippen molar-refractivity contribution in [2.45, 2.75) is 30.3 Å². The van der Waals surface area contributed by atoms with Crippen LogP contribution in [0.4, 0.5) is 64.1 Å². The van der Waals surface area contributed by atoms with Crippen LogP contribution in [-0.2, 0) is 65.2 Å². The molecule has 3 heterocycles. The van der Waals surface area contributed by atoms with Crippen molar-refractivity contribution >= 4 is 47.3 Å². The number of hydrogen-bond donors (Lipinski definition) is 3. The molecule has 88 heavy (non-hydrogen) atoms. The van der Waals surface area contributed by atoms with E-state index < -0.39 is 121 Å². The van der Waals surface area contributed by atoms with Crippen LogP contribution in [0.1, 0.15) is 39.3 Å².